The lowest BCUT2D eigenvalue weighted by Crippen LogP contribution is -2.44. The number of nitro benzene ring substituents is 1. The molecule has 1 aliphatic heterocycles. The van der Waals surface area contributed by atoms with Crippen LogP contribution >= 0.6 is 0 Å². The molecule has 0 spiro atoms. The van der Waals surface area contributed by atoms with E-state index in [0.29, 0.717) is 36.2 Å². The molecule has 0 bridgehead atoms. The van der Waals surface area contributed by atoms with Crippen LogP contribution in [-0.2, 0) is 13.0 Å². The largest absolute Gasteiger partial charge is 0.543 e. The lowest BCUT2D eigenvalue weighted by molar-refractivity contribution is -0.384. The van der Waals surface area contributed by atoms with Crippen molar-refractivity contribution in [3.05, 3.63) is 75.8 Å². The van der Waals surface area contributed by atoms with Gasteiger partial charge in [-0.2, -0.15) is 0 Å². The number of aromatic nitrogens is 3. The zero-order valence-corrected chi connectivity index (χ0v) is 32.8. The van der Waals surface area contributed by atoms with Crippen LogP contribution in [0.2, 0.25) is 36.3 Å². The molecular formula is C37H50N4O6Si2. The summed E-state index contributed by atoms with van der Waals surface area (Å²) in [5, 5.41) is 21.0. The van der Waals surface area contributed by atoms with Crippen LogP contribution in [0.3, 0.4) is 0 Å². The molecule has 1 aliphatic rings. The van der Waals surface area contributed by atoms with Gasteiger partial charge in [0.1, 0.15) is 30.4 Å². The van der Waals surface area contributed by atoms with Crippen LogP contribution in [0, 0.1) is 10.1 Å². The summed E-state index contributed by atoms with van der Waals surface area (Å²) in [4.78, 5) is 11.2. The number of hydrogen-bond acceptors (Lipinski definition) is 8. The van der Waals surface area contributed by atoms with Crippen molar-refractivity contribution in [2.45, 2.75) is 97.7 Å². The maximum Gasteiger partial charge on any atom is 0.269 e. The lowest BCUT2D eigenvalue weighted by atomic mass is 9.99. The summed E-state index contributed by atoms with van der Waals surface area (Å²) in [6.45, 7) is 25.7. The number of benzene rings is 3. The van der Waals surface area contributed by atoms with Crippen LogP contribution in [0.15, 0.2) is 54.6 Å². The van der Waals surface area contributed by atoms with Gasteiger partial charge in [-0.05, 0) is 78.1 Å². The molecule has 2 heterocycles. The van der Waals surface area contributed by atoms with Crippen LogP contribution in [0.5, 0.6) is 23.0 Å². The first kappa shape index (κ1) is 36.1. The van der Waals surface area contributed by atoms with Gasteiger partial charge in [-0.3, -0.25) is 10.1 Å². The van der Waals surface area contributed by atoms with Crippen molar-refractivity contribution in [1.29, 1.82) is 0 Å². The van der Waals surface area contributed by atoms with Crippen molar-refractivity contribution < 1.29 is 23.2 Å². The molecule has 3 aromatic carbocycles. The normalized spacial score (nSPS) is 13.7. The minimum atomic E-state index is -2.34. The number of fused-ring (bicyclic) bond motifs is 1. The van der Waals surface area contributed by atoms with Crippen molar-refractivity contribution in [2.24, 2.45) is 0 Å². The molecule has 0 saturated heterocycles. The van der Waals surface area contributed by atoms with Gasteiger partial charge in [0.2, 0.25) is 8.32 Å². The molecule has 10 nitrogen and oxygen atoms in total. The highest BCUT2D eigenvalue weighted by molar-refractivity contribution is 6.75. The molecule has 0 atom stereocenters. The summed E-state index contributed by atoms with van der Waals surface area (Å²) in [5.74, 6) is 2.87. The van der Waals surface area contributed by atoms with E-state index in [1.165, 1.54) is 6.07 Å². The molecule has 0 N–H and O–H groups in total. The van der Waals surface area contributed by atoms with Crippen LogP contribution in [0.4, 0.5) is 5.69 Å². The van der Waals surface area contributed by atoms with E-state index in [9.17, 15) is 10.1 Å². The molecule has 49 heavy (non-hydrogen) atoms. The van der Waals surface area contributed by atoms with Gasteiger partial charge in [0, 0.05) is 29.3 Å². The van der Waals surface area contributed by atoms with E-state index in [0.717, 1.165) is 40.1 Å². The molecule has 4 aromatic rings. The monoisotopic (exact) mass is 702 g/mol. The maximum atomic E-state index is 11.6. The SMILES string of the molecule is CCc1cc(-c2nnn(Cc3cccc([N+](=O)[O-])c3)c2-c2ccc3c(c2)OCCO3)c(O[Si](C)(C)C(C)(C)C)cc1O[Si](C)(C)C(C)(C)C. The van der Waals surface area contributed by atoms with Crippen LogP contribution in [0.1, 0.15) is 59.6 Å². The van der Waals surface area contributed by atoms with Gasteiger partial charge < -0.3 is 18.3 Å². The van der Waals surface area contributed by atoms with E-state index >= 15 is 0 Å². The summed E-state index contributed by atoms with van der Waals surface area (Å²) in [7, 11) is -4.53. The molecule has 0 unspecified atom stereocenters. The van der Waals surface area contributed by atoms with Crippen molar-refractivity contribution >= 4 is 22.3 Å². The summed E-state index contributed by atoms with van der Waals surface area (Å²) in [6, 6.07) is 16.7. The average molecular weight is 703 g/mol. The molecule has 0 amide bonds. The van der Waals surface area contributed by atoms with Gasteiger partial charge in [-0.15, -0.1) is 5.10 Å². The van der Waals surface area contributed by atoms with Gasteiger partial charge in [0.05, 0.1) is 17.2 Å². The molecule has 0 saturated carbocycles. The van der Waals surface area contributed by atoms with E-state index < -0.39 is 16.6 Å². The number of nitrogens with zero attached hydrogens (tertiary/aromatic N) is 4. The van der Waals surface area contributed by atoms with Gasteiger partial charge in [0.25, 0.3) is 14.0 Å². The Morgan fingerprint density at radius 2 is 1.49 bits per heavy atom. The minimum Gasteiger partial charge on any atom is -0.543 e. The van der Waals surface area contributed by atoms with Crippen molar-refractivity contribution in [1.82, 2.24) is 15.0 Å². The number of hydrogen-bond donors (Lipinski definition) is 0. The molecule has 12 heteroatoms. The third kappa shape index (κ3) is 7.54. The number of ether oxygens (including phenoxy) is 2. The summed E-state index contributed by atoms with van der Waals surface area (Å²) in [5.41, 5.74) is 4.84. The third-order valence-electron chi connectivity index (χ3n) is 10.1. The van der Waals surface area contributed by atoms with Crippen LogP contribution in [-0.4, -0.2) is 49.8 Å². The predicted octanol–water partition coefficient (Wildman–Crippen LogP) is 9.67. The Bertz CT molecular complexity index is 1860. The van der Waals surface area contributed by atoms with E-state index in [2.05, 4.69) is 92.0 Å². The fourth-order valence-electron chi connectivity index (χ4n) is 5.13. The van der Waals surface area contributed by atoms with Gasteiger partial charge in [-0.1, -0.05) is 65.8 Å². The summed E-state index contributed by atoms with van der Waals surface area (Å²) >= 11 is 0. The average Bonchev–Trinajstić information content (AvgIpc) is 3.42. The number of rotatable bonds is 10. The molecule has 0 fully saturated rings. The highest BCUT2D eigenvalue weighted by atomic mass is 28.4. The first-order valence-electron chi connectivity index (χ1n) is 16.9. The zero-order chi connectivity index (χ0) is 35.9. The minimum absolute atomic E-state index is 0.0116. The molecule has 5 rings (SSSR count). The van der Waals surface area contributed by atoms with E-state index in [4.69, 9.17) is 23.4 Å². The van der Waals surface area contributed by atoms with Gasteiger partial charge in [0.15, 0.2) is 11.5 Å². The molecular weight excluding hydrogens is 653 g/mol. The summed E-state index contributed by atoms with van der Waals surface area (Å²) < 4.78 is 27.7. The topological polar surface area (TPSA) is 111 Å². The Labute approximate surface area is 292 Å². The predicted molar refractivity (Wildman–Crippen MR) is 199 cm³/mol. The molecule has 262 valence electrons. The van der Waals surface area contributed by atoms with E-state index in [1.807, 2.05) is 24.3 Å². The second-order valence-corrected chi connectivity index (χ2v) is 25.2. The quantitative estimate of drug-likeness (QED) is 0.0913. The smallest absolute Gasteiger partial charge is 0.269 e. The highest BCUT2D eigenvalue weighted by Crippen LogP contribution is 2.47. The molecule has 1 aromatic heterocycles. The Hall–Kier alpha value is -4.17. The number of nitro groups is 1. The molecule has 0 aliphatic carbocycles. The van der Waals surface area contributed by atoms with E-state index in [-0.39, 0.29) is 27.2 Å². The van der Waals surface area contributed by atoms with Crippen molar-refractivity contribution in [3.63, 3.8) is 0 Å². The van der Waals surface area contributed by atoms with Gasteiger partial charge >= 0.3 is 0 Å². The Morgan fingerprint density at radius 3 is 2.10 bits per heavy atom. The van der Waals surface area contributed by atoms with Crippen molar-refractivity contribution in [2.75, 3.05) is 13.2 Å². The highest BCUT2D eigenvalue weighted by Gasteiger charge is 2.42. The standard InChI is InChI=1S/C37H50N4O6Si2/c1-12-26-21-29(32(47-49(10,11)37(5,6)7)23-31(26)46-48(8,9)36(2,3)4)34-35(27-16-17-30-33(22-27)45-19-18-44-30)40(39-38-34)24-25-14-13-15-28(20-25)41(42)43/h13-17,20-23H,12,18-19,24H2,1-11H3. The van der Waals surface area contributed by atoms with Crippen molar-refractivity contribution in [3.8, 4) is 45.5 Å². The first-order valence-corrected chi connectivity index (χ1v) is 22.7. The Morgan fingerprint density at radius 1 is 0.857 bits per heavy atom. The third-order valence-corrected chi connectivity index (χ3v) is 18.8. The number of non-ortho nitro benzene ring substituents is 1. The fourth-order valence-corrected chi connectivity index (χ4v) is 7.20. The van der Waals surface area contributed by atoms with Crippen LogP contribution in [0.25, 0.3) is 22.5 Å². The maximum absolute atomic E-state index is 11.6. The second kappa shape index (κ2) is 13.3. The van der Waals surface area contributed by atoms with Crippen LogP contribution < -0.4 is 18.3 Å². The second-order valence-electron chi connectivity index (χ2n) is 15.8. The molecule has 0 radical (unpaired) electrons. The zero-order valence-electron chi connectivity index (χ0n) is 30.8. The van der Waals surface area contributed by atoms with Gasteiger partial charge in [-0.25, -0.2) is 4.68 Å². The Balaban J connectivity index is 1.75. The lowest BCUT2D eigenvalue weighted by Gasteiger charge is -2.39. The summed E-state index contributed by atoms with van der Waals surface area (Å²) in [6.07, 6.45) is 0.749. The number of aryl methyl sites for hydroxylation is 1. The Kier molecular flexibility index (Phi) is 9.79. The first-order chi connectivity index (χ1) is 22.8. The van der Waals surface area contributed by atoms with E-state index in [1.54, 1.807) is 16.8 Å². The fraction of sp³-hybridized carbons (Fsp3) is 0.459.